The molecule has 0 saturated carbocycles. The van der Waals surface area contributed by atoms with E-state index in [4.69, 9.17) is 23.2 Å². The van der Waals surface area contributed by atoms with E-state index in [2.05, 4.69) is 44.5 Å². The first-order valence-corrected chi connectivity index (χ1v) is 8.16. The summed E-state index contributed by atoms with van der Waals surface area (Å²) in [6.45, 7) is 3.98. The molecule has 3 rings (SSSR count). The molecule has 1 aromatic heterocycles. The van der Waals surface area contributed by atoms with Gasteiger partial charge in [-0.3, -0.25) is 4.57 Å². The van der Waals surface area contributed by atoms with Gasteiger partial charge in [-0.1, -0.05) is 17.7 Å². The van der Waals surface area contributed by atoms with Gasteiger partial charge in [0.25, 0.3) is 0 Å². The minimum atomic E-state index is -0.205. The first kappa shape index (κ1) is 14.9. The summed E-state index contributed by atoms with van der Waals surface area (Å²) in [5, 5.41) is 0.472. The number of aryl methyl sites for hydroxylation is 1. The average molecular weight is 384 g/mol. The van der Waals surface area contributed by atoms with Crippen LogP contribution in [0, 0.1) is 6.92 Å². The van der Waals surface area contributed by atoms with Crippen molar-refractivity contribution in [2.75, 3.05) is 0 Å². The van der Waals surface area contributed by atoms with Crippen molar-refractivity contribution in [1.82, 2.24) is 9.55 Å². The van der Waals surface area contributed by atoms with Crippen molar-refractivity contribution in [3.63, 3.8) is 0 Å². The van der Waals surface area contributed by atoms with Gasteiger partial charge in [0, 0.05) is 9.50 Å². The Bertz CT molecular complexity index is 825. The number of benzene rings is 2. The normalized spacial score (nSPS) is 12.8. The van der Waals surface area contributed by atoms with E-state index in [0.29, 0.717) is 5.02 Å². The Kier molecular flexibility index (Phi) is 4.00. The number of halogens is 3. The van der Waals surface area contributed by atoms with Crippen LogP contribution in [0.2, 0.25) is 5.02 Å². The van der Waals surface area contributed by atoms with E-state index >= 15 is 0 Å². The van der Waals surface area contributed by atoms with Crippen LogP contribution in [0.5, 0.6) is 0 Å². The molecule has 1 atom stereocenters. The first-order valence-electron chi connectivity index (χ1n) is 6.56. The molecule has 108 valence electrons. The van der Waals surface area contributed by atoms with E-state index in [1.807, 2.05) is 31.2 Å². The van der Waals surface area contributed by atoms with E-state index in [1.165, 1.54) is 5.56 Å². The smallest absolute Gasteiger partial charge is 0.132 e. The summed E-state index contributed by atoms with van der Waals surface area (Å²) < 4.78 is 3.02. The zero-order valence-corrected chi connectivity index (χ0v) is 14.7. The van der Waals surface area contributed by atoms with Gasteiger partial charge in [0.15, 0.2) is 0 Å². The highest BCUT2D eigenvalue weighted by atomic mass is 79.9. The van der Waals surface area contributed by atoms with Crippen LogP contribution >= 0.6 is 39.1 Å². The monoisotopic (exact) mass is 382 g/mol. The summed E-state index contributed by atoms with van der Waals surface area (Å²) in [7, 11) is 0. The third-order valence-corrected chi connectivity index (χ3v) is 4.44. The van der Waals surface area contributed by atoms with Crippen molar-refractivity contribution in [2.45, 2.75) is 19.2 Å². The molecule has 0 spiro atoms. The molecule has 2 nitrogen and oxygen atoms in total. The molecule has 3 aromatic rings. The number of alkyl halides is 1. The van der Waals surface area contributed by atoms with Crippen LogP contribution in [0.15, 0.2) is 40.9 Å². The van der Waals surface area contributed by atoms with Crippen LogP contribution in [0.3, 0.4) is 0 Å². The SMILES string of the molecule is Cc1ccc2nc(C(C)Cl)n(-c3cc(Cl)ccc3Br)c2c1. The van der Waals surface area contributed by atoms with Crippen molar-refractivity contribution in [3.8, 4) is 5.69 Å². The highest BCUT2D eigenvalue weighted by molar-refractivity contribution is 9.10. The van der Waals surface area contributed by atoms with Gasteiger partial charge in [0.05, 0.1) is 22.1 Å². The molecule has 1 unspecified atom stereocenters. The van der Waals surface area contributed by atoms with E-state index < -0.39 is 0 Å². The third kappa shape index (κ3) is 2.70. The van der Waals surface area contributed by atoms with Gasteiger partial charge in [-0.2, -0.15) is 0 Å². The number of hydrogen-bond donors (Lipinski definition) is 0. The van der Waals surface area contributed by atoms with Crippen LogP contribution in [0.1, 0.15) is 23.7 Å². The van der Waals surface area contributed by atoms with Crippen molar-refractivity contribution >= 4 is 50.2 Å². The lowest BCUT2D eigenvalue weighted by Gasteiger charge is -2.13. The van der Waals surface area contributed by atoms with Crippen molar-refractivity contribution in [2.24, 2.45) is 0 Å². The second kappa shape index (κ2) is 5.64. The van der Waals surface area contributed by atoms with E-state index in [-0.39, 0.29) is 5.38 Å². The maximum absolute atomic E-state index is 6.33. The van der Waals surface area contributed by atoms with Crippen molar-refractivity contribution in [1.29, 1.82) is 0 Å². The quantitative estimate of drug-likeness (QED) is 0.492. The van der Waals surface area contributed by atoms with Crippen molar-refractivity contribution < 1.29 is 0 Å². The van der Waals surface area contributed by atoms with Crippen LogP contribution in [0.25, 0.3) is 16.7 Å². The standard InChI is InChI=1S/C16H13BrCl2N2/c1-9-3-6-13-15(7-9)21(16(20-13)10(2)18)14-8-11(19)4-5-12(14)17/h3-8,10H,1-2H3. The molecule has 1 heterocycles. The molecule has 2 aromatic carbocycles. The second-order valence-corrected chi connectivity index (χ2v) is 6.95. The largest absolute Gasteiger partial charge is 0.294 e. The predicted octanol–water partition coefficient (Wildman–Crippen LogP) is 6.05. The average Bonchev–Trinajstić information content (AvgIpc) is 2.80. The number of fused-ring (bicyclic) bond motifs is 1. The lowest BCUT2D eigenvalue weighted by atomic mass is 10.2. The molecule has 0 amide bonds. The number of nitrogens with zero attached hydrogens (tertiary/aromatic N) is 2. The van der Waals surface area contributed by atoms with Crippen molar-refractivity contribution in [3.05, 3.63) is 57.3 Å². The molecule has 0 radical (unpaired) electrons. The van der Waals surface area contributed by atoms with Crippen LogP contribution in [-0.2, 0) is 0 Å². The molecule has 21 heavy (non-hydrogen) atoms. The maximum Gasteiger partial charge on any atom is 0.132 e. The Labute approximate surface area is 141 Å². The number of hydrogen-bond acceptors (Lipinski definition) is 1. The fraction of sp³-hybridized carbons (Fsp3) is 0.188. The molecule has 0 fully saturated rings. The molecule has 0 aliphatic rings. The summed E-state index contributed by atoms with van der Waals surface area (Å²) in [5.74, 6) is 0.806. The summed E-state index contributed by atoms with van der Waals surface area (Å²) in [6, 6.07) is 11.9. The van der Waals surface area contributed by atoms with Gasteiger partial charge in [0.1, 0.15) is 5.82 Å². The van der Waals surface area contributed by atoms with E-state index in [0.717, 1.165) is 27.0 Å². The van der Waals surface area contributed by atoms with Gasteiger partial charge in [-0.25, -0.2) is 4.98 Å². The Balaban J connectivity index is 2.41. The Morgan fingerprint density at radius 3 is 2.67 bits per heavy atom. The second-order valence-electron chi connectivity index (χ2n) is 5.01. The van der Waals surface area contributed by atoms with Gasteiger partial charge in [-0.05, 0) is 65.7 Å². The Hall–Kier alpha value is -1.03. The van der Waals surface area contributed by atoms with E-state index in [9.17, 15) is 0 Å². The lowest BCUT2D eigenvalue weighted by molar-refractivity contribution is 0.880. The minimum Gasteiger partial charge on any atom is -0.294 e. The summed E-state index contributed by atoms with van der Waals surface area (Å²) in [6.07, 6.45) is 0. The third-order valence-electron chi connectivity index (χ3n) is 3.34. The van der Waals surface area contributed by atoms with Gasteiger partial charge in [-0.15, -0.1) is 11.6 Å². The maximum atomic E-state index is 6.33. The van der Waals surface area contributed by atoms with E-state index in [1.54, 1.807) is 0 Å². The first-order chi connectivity index (χ1) is 9.97. The predicted molar refractivity (Wildman–Crippen MR) is 92.8 cm³/mol. The molecule has 0 bridgehead atoms. The Morgan fingerprint density at radius 1 is 1.19 bits per heavy atom. The molecular weight excluding hydrogens is 371 g/mol. The highest BCUT2D eigenvalue weighted by Gasteiger charge is 2.18. The minimum absolute atomic E-state index is 0.205. The Morgan fingerprint density at radius 2 is 1.95 bits per heavy atom. The molecule has 5 heteroatoms. The van der Waals surface area contributed by atoms with Crippen LogP contribution in [-0.4, -0.2) is 9.55 Å². The molecule has 0 aliphatic carbocycles. The fourth-order valence-corrected chi connectivity index (χ4v) is 3.12. The van der Waals surface area contributed by atoms with Gasteiger partial charge < -0.3 is 0 Å². The topological polar surface area (TPSA) is 17.8 Å². The fourth-order valence-electron chi connectivity index (χ4n) is 2.38. The molecule has 0 N–H and O–H groups in total. The molecule has 0 saturated heterocycles. The summed E-state index contributed by atoms with van der Waals surface area (Å²) >= 11 is 16.1. The molecular formula is C16H13BrCl2N2. The van der Waals surface area contributed by atoms with Crippen LogP contribution in [0.4, 0.5) is 0 Å². The van der Waals surface area contributed by atoms with Crippen LogP contribution < -0.4 is 0 Å². The van der Waals surface area contributed by atoms with Gasteiger partial charge >= 0.3 is 0 Å². The number of rotatable bonds is 2. The molecule has 0 aliphatic heterocycles. The number of imidazole rings is 1. The summed E-state index contributed by atoms with van der Waals surface area (Å²) in [5.41, 5.74) is 4.07. The number of aromatic nitrogens is 2. The lowest BCUT2D eigenvalue weighted by Crippen LogP contribution is -2.02. The highest BCUT2D eigenvalue weighted by Crippen LogP contribution is 2.33. The van der Waals surface area contributed by atoms with Gasteiger partial charge in [0.2, 0.25) is 0 Å². The zero-order chi connectivity index (χ0) is 15.1. The summed E-state index contributed by atoms with van der Waals surface area (Å²) in [4.78, 5) is 4.67. The zero-order valence-electron chi connectivity index (χ0n) is 11.6.